The van der Waals surface area contributed by atoms with Crippen molar-refractivity contribution < 1.29 is 17.5 Å². The van der Waals surface area contributed by atoms with Crippen LogP contribution in [0.2, 0.25) is 0 Å². The third-order valence-electron chi connectivity index (χ3n) is 4.17. The normalized spacial score (nSPS) is 11.8. The molecule has 0 aliphatic heterocycles. The van der Waals surface area contributed by atoms with Crippen LogP contribution in [0.1, 0.15) is 11.1 Å². The maximum absolute atomic E-state index is 13.4. The van der Waals surface area contributed by atoms with E-state index in [0.29, 0.717) is 5.75 Å². The lowest BCUT2D eigenvalue weighted by molar-refractivity contribution is 0.415. The SMILES string of the molecule is COc1ccc2c(c1)c(CNS(=O)(=O)c1ccc(F)c(C)c1)cn2C. The fourth-order valence-electron chi connectivity index (χ4n) is 2.76. The first kappa shape index (κ1) is 17.4. The standard InChI is InChI=1S/C18H19FN2O3S/c1-12-8-15(5-6-17(12)19)25(22,23)20-10-13-11-21(2)18-7-4-14(24-3)9-16(13)18/h4-9,11,20H,10H2,1-3H3. The van der Waals surface area contributed by atoms with Crippen molar-refractivity contribution in [3.63, 3.8) is 0 Å². The van der Waals surface area contributed by atoms with Crippen LogP contribution in [0.5, 0.6) is 5.75 Å². The van der Waals surface area contributed by atoms with E-state index in [1.165, 1.54) is 19.1 Å². The van der Waals surface area contributed by atoms with Crippen LogP contribution in [0.15, 0.2) is 47.5 Å². The van der Waals surface area contributed by atoms with E-state index in [2.05, 4.69) is 4.72 Å². The van der Waals surface area contributed by atoms with Crippen LogP contribution in [0.25, 0.3) is 10.9 Å². The number of benzene rings is 2. The van der Waals surface area contributed by atoms with Gasteiger partial charge in [0.05, 0.1) is 12.0 Å². The molecule has 0 atom stereocenters. The number of methoxy groups -OCH3 is 1. The highest BCUT2D eigenvalue weighted by molar-refractivity contribution is 7.89. The van der Waals surface area contributed by atoms with Crippen molar-refractivity contribution in [2.24, 2.45) is 7.05 Å². The van der Waals surface area contributed by atoms with Gasteiger partial charge in [-0.3, -0.25) is 0 Å². The topological polar surface area (TPSA) is 60.3 Å². The number of hydrogen-bond acceptors (Lipinski definition) is 3. The number of halogens is 1. The fourth-order valence-corrected chi connectivity index (χ4v) is 3.85. The van der Waals surface area contributed by atoms with Gasteiger partial charge in [0.2, 0.25) is 10.0 Å². The maximum Gasteiger partial charge on any atom is 0.240 e. The van der Waals surface area contributed by atoms with E-state index in [0.717, 1.165) is 22.5 Å². The van der Waals surface area contributed by atoms with E-state index in [-0.39, 0.29) is 17.0 Å². The number of aryl methyl sites for hydroxylation is 2. The Labute approximate surface area is 146 Å². The van der Waals surface area contributed by atoms with Gasteiger partial charge in [0.15, 0.2) is 0 Å². The van der Waals surface area contributed by atoms with Crippen LogP contribution in [-0.4, -0.2) is 20.1 Å². The molecule has 0 aliphatic carbocycles. The van der Waals surface area contributed by atoms with Crippen molar-refractivity contribution in [2.45, 2.75) is 18.4 Å². The molecule has 0 amide bonds. The zero-order valence-corrected chi connectivity index (χ0v) is 15.0. The van der Waals surface area contributed by atoms with Gasteiger partial charge in [0.25, 0.3) is 0 Å². The van der Waals surface area contributed by atoms with E-state index < -0.39 is 15.8 Å². The first-order chi connectivity index (χ1) is 11.8. The molecule has 0 saturated carbocycles. The van der Waals surface area contributed by atoms with Gasteiger partial charge >= 0.3 is 0 Å². The molecule has 0 unspecified atom stereocenters. The largest absolute Gasteiger partial charge is 0.497 e. The lowest BCUT2D eigenvalue weighted by Gasteiger charge is -2.08. The smallest absolute Gasteiger partial charge is 0.240 e. The van der Waals surface area contributed by atoms with Crippen molar-refractivity contribution in [2.75, 3.05) is 7.11 Å². The molecule has 0 saturated heterocycles. The van der Waals surface area contributed by atoms with Crippen molar-refractivity contribution in [3.8, 4) is 5.75 Å². The summed E-state index contributed by atoms with van der Waals surface area (Å²) in [7, 11) is -0.244. The van der Waals surface area contributed by atoms with Gasteiger partial charge in [-0.2, -0.15) is 0 Å². The minimum Gasteiger partial charge on any atom is -0.497 e. The molecule has 0 bridgehead atoms. The summed E-state index contributed by atoms with van der Waals surface area (Å²) in [5.74, 6) is 0.275. The Bertz CT molecular complexity index is 1040. The zero-order valence-electron chi connectivity index (χ0n) is 14.2. The van der Waals surface area contributed by atoms with Crippen molar-refractivity contribution in [1.29, 1.82) is 0 Å². The van der Waals surface area contributed by atoms with Gasteiger partial charge < -0.3 is 9.30 Å². The van der Waals surface area contributed by atoms with Gasteiger partial charge in [-0.15, -0.1) is 0 Å². The number of aromatic nitrogens is 1. The highest BCUT2D eigenvalue weighted by Crippen LogP contribution is 2.26. The monoisotopic (exact) mass is 362 g/mol. The van der Waals surface area contributed by atoms with E-state index in [9.17, 15) is 12.8 Å². The molecule has 1 aromatic heterocycles. The number of fused-ring (bicyclic) bond motifs is 1. The zero-order chi connectivity index (χ0) is 18.2. The highest BCUT2D eigenvalue weighted by atomic mass is 32.2. The fraction of sp³-hybridized carbons (Fsp3) is 0.222. The van der Waals surface area contributed by atoms with Gasteiger partial charge in [-0.25, -0.2) is 17.5 Å². The first-order valence-electron chi connectivity index (χ1n) is 7.69. The predicted octanol–water partition coefficient (Wildman–Crippen LogP) is 3.11. The molecule has 3 rings (SSSR count). The van der Waals surface area contributed by atoms with E-state index >= 15 is 0 Å². The number of hydrogen-bond donors (Lipinski definition) is 1. The number of ether oxygens (including phenoxy) is 1. The summed E-state index contributed by atoms with van der Waals surface area (Å²) in [6.07, 6.45) is 1.88. The quantitative estimate of drug-likeness (QED) is 0.759. The highest BCUT2D eigenvalue weighted by Gasteiger charge is 2.16. The average Bonchev–Trinajstić information content (AvgIpc) is 2.91. The van der Waals surface area contributed by atoms with Crippen molar-refractivity contribution in [1.82, 2.24) is 9.29 Å². The van der Waals surface area contributed by atoms with Gasteiger partial charge in [0.1, 0.15) is 11.6 Å². The summed E-state index contributed by atoms with van der Waals surface area (Å²) in [6, 6.07) is 9.40. The second-order valence-electron chi connectivity index (χ2n) is 5.88. The van der Waals surface area contributed by atoms with Gasteiger partial charge in [0, 0.05) is 30.7 Å². The number of nitrogens with zero attached hydrogens (tertiary/aromatic N) is 1. The summed E-state index contributed by atoms with van der Waals surface area (Å²) in [5.41, 5.74) is 2.10. The van der Waals surface area contributed by atoms with Crippen molar-refractivity contribution in [3.05, 3.63) is 59.5 Å². The van der Waals surface area contributed by atoms with Crippen molar-refractivity contribution >= 4 is 20.9 Å². The van der Waals surface area contributed by atoms with Gasteiger partial charge in [-0.05, 0) is 54.4 Å². The minimum atomic E-state index is -3.73. The Kier molecular flexibility index (Phi) is 4.53. The molecule has 3 aromatic rings. The lowest BCUT2D eigenvalue weighted by Crippen LogP contribution is -2.23. The Morgan fingerprint density at radius 2 is 1.96 bits per heavy atom. The molecule has 0 spiro atoms. The van der Waals surface area contributed by atoms with Crippen LogP contribution in [0.4, 0.5) is 4.39 Å². The third kappa shape index (κ3) is 3.38. The molecule has 25 heavy (non-hydrogen) atoms. The molecule has 132 valence electrons. The van der Waals surface area contributed by atoms with Crippen LogP contribution < -0.4 is 9.46 Å². The average molecular weight is 362 g/mol. The molecule has 0 radical (unpaired) electrons. The van der Waals surface area contributed by atoms with E-state index in [4.69, 9.17) is 4.74 Å². The summed E-state index contributed by atoms with van der Waals surface area (Å²) >= 11 is 0. The Morgan fingerprint density at radius 3 is 2.64 bits per heavy atom. The second-order valence-corrected chi connectivity index (χ2v) is 7.65. The number of nitrogens with one attached hydrogen (secondary N) is 1. The Hall–Kier alpha value is -2.38. The molecule has 2 aromatic carbocycles. The van der Waals surface area contributed by atoms with E-state index in [1.807, 2.05) is 36.0 Å². The van der Waals surface area contributed by atoms with Crippen LogP contribution in [0, 0.1) is 12.7 Å². The maximum atomic E-state index is 13.4. The molecule has 5 nitrogen and oxygen atoms in total. The summed E-state index contributed by atoms with van der Waals surface area (Å²) in [5, 5.41) is 0.917. The lowest BCUT2D eigenvalue weighted by atomic mass is 10.1. The van der Waals surface area contributed by atoms with Crippen LogP contribution in [0.3, 0.4) is 0 Å². The molecule has 1 heterocycles. The summed E-state index contributed by atoms with van der Waals surface area (Å²) in [4.78, 5) is 0.0456. The molecular formula is C18H19FN2O3S. The molecule has 0 aliphatic rings. The van der Waals surface area contributed by atoms with Gasteiger partial charge in [-0.1, -0.05) is 0 Å². The number of sulfonamides is 1. The molecule has 0 fully saturated rings. The first-order valence-corrected chi connectivity index (χ1v) is 9.18. The van der Waals surface area contributed by atoms with Crippen LogP contribution in [-0.2, 0) is 23.6 Å². The Balaban J connectivity index is 1.90. The number of rotatable bonds is 5. The summed E-state index contributed by atoms with van der Waals surface area (Å²) < 4.78 is 48.0. The molecular weight excluding hydrogens is 343 g/mol. The Morgan fingerprint density at radius 1 is 1.20 bits per heavy atom. The second kappa shape index (κ2) is 6.50. The third-order valence-corrected chi connectivity index (χ3v) is 5.57. The summed E-state index contributed by atoms with van der Waals surface area (Å²) in [6.45, 7) is 1.66. The molecule has 1 N–H and O–H groups in total. The van der Waals surface area contributed by atoms with Crippen LogP contribution >= 0.6 is 0 Å². The molecule has 7 heteroatoms. The predicted molar refractivity (Wildman–Crippen MR) is 94.6 cm³/mol. The minimum absolute atomic E-state index is 0.0456. The van der Waals surface area contributed by atoms with E-state index in [1.54, 1.807) is 7.11 Å².